The van der Waals surface area contributed by atoms with Gasteiger partial charge in [-0.2, -0.15) is 0 Å². The van der Waals surface area contributed by atoms with E-state index in [0.717, 1.165) is 21.1 Å². The average molecular weight is 367 g/mol. The van der Waals surface area contributed by atoms with Gasteiger partial charge >= 0.3 is 0 Å². The summed E-state index contributed by atoms with van der Waals surface area (Å²) in [5.41, 5.74) is 0.876. The van der Waals surface area contributed by atoms with Gasteiger partial charge in [-0.1, -0.05) is 12.2 Å². The van der Waals surface area contributed by atoms with E-state index in [2.05, 4.69) is 47.0 Å². The van der Waals surface area contributed by atoms with Crippen molar-refractivity contribution in [3.63, 3.8) is 0 Å². The molecular weight excluding hydrogens is 348 g/mol. The van der Waals surface area contributed by atoms with Gasteiger partial charge in [0.25, 0.3) is 0 Å². The smallest absolute Gasteiger partial charge is 0.146 e. The van der Waals surface area contributed by atoms with Crippen LogP contribution in [0.25, 0.3) is 10.9 Å². The van der Waals surface area contributed by atoms with Crippen molar-refractivity contribution in [2.75, 3.05) is 0 Å². The van der Waals surface area contributed by atoms with E-state index in [9.17, 15) is 0 Å². The van der Waals surface area contributed by atoms with Gasteiger partial charge in [0.15, 0.2) is 0 Å². The van der Waals surface area contributed by atoms with Crippen molar-refractivity contribution in [3.05, 3.63) is 34.9 Å². The van der Waals surface area contributed by atoms with Gasteiger partial charge in [-0.05, 0) is 67.9 Å². The molecule has 3 nitrogen and oxygen atoms in total. The van der Waals surface area contributed by atoms with Crippen LogP contribution in [-0.4, -0.2) is 21.6 Å². The monoisotopic (exact) mass is 366 g/mol. The maximum Gasteiger partial charge on any atom is 0.146 e. The second-order valence-electron chi connectivity index (χ2n) is 6.01. The molecule has 0 amide bonds. The molecule has 112 valence electrons. The molecule has 2 aromatic rings. The SMILES string of the molecule is CC(Oc1ccc2ncc(Br)cc2c1)C(=S)NC(C)(C)C. The number of fused-ring (bicyclic) bond motifs is 1. The van der Waals surface area contributed by atoms with Gasteiger partial charge in [-0.15, -0.1) is 0 Å². The lowest BCUT2D eigenvalue weighted by atomic mass is 10.1. The first kappa shape index (κ1) is 16.2. The maximum absolute atomic E-state index is 5.92. The van der Waals surface area contributed by atoms with Gasteiger partial charge in [0.05, 0.1) is 5.52 Å². The number of aromatic nitrogens is 1. The summed E-state index contributed by atoms with van der Waals surface area (Å²) in [7, 11) is 0. The van der Waals surface area contributed by atoms with E-state index in [0.29, 0.717) is 4.99 Å². The number of nitrogens with zero attached hydrogens (tertiary/aromatic N) is 1. The molecule has 1 atom stereocenters. The van der Waals surface area contributed by atoms with Crippen LogP contribution in [0.1, 0.15) is 27.7 Å². The van der Waals surface area contributed by atoms with Crippen molar-refractivity contribution >= 4 is 44.0 Å². The standard InChI is InChI=1S/C16H19BrN2OS/c1-10(15(21)19-16(2,3)4)20-13-5-6-14-11(8-13)7-12(17)9-18-14/h5-10H,1-4H3,(H,19,21). The average Bonchev–Trinajstić information content (AvgIpc) is 2.36. The van der Waals surface area contributed by atoms with Gasteiger partial charge in [-0.3, -0.25) is 4.98 Å². The number of nitrogens with one attached hydrogen (secondary N) is 1. The first-order valence-corrected chi connectivity index (χ1v) is 7.99. The third-order valence-electron chi connectivity index (χ3n) is 2.80. The fraction of sp³-hybridized carbons (Fsp3) is 0.375. The van der Waals surface area contributed by atoms with Crippen molar-refractivity contribution in [2.24, 2.45) is 0 Å². The van der Waals surface area contributed by atoms with Crippen LogP contribution >= 0.6 is 28.1 Å². The van der Waals surface area contributed by atoms with Gasteiger partial charge in [0, 0.05) is 21.6 Å². The van der Waals surface area contributed by atoms with Gasteiger partial charge in [-0.25, -0.2) is 0 Å². The fourth-order valence-electron chi connectivity index (χ4n) is 1.88. The fourth-order valence-corrected chi connectivity index (χ4v) is 2.59. The van der Waals surface area contributed by atoms with Crippen LogP contribution in [0, 0.1) is 0 Å². The molecule has 1 aromatic carbocycles. The molecule has 5 heteroatoms. The highest BCUT2D eigenvalue weighted by Crippen LogP contribution is 2.23. The summed E-state index contributed by atoms with van der Waals surface area (Å²) in [6.45, 7) is 8.17. The maximum atomic E-state index is 5.92. The predicted octanol–water partition coefficient (Wildman–Crippen LogP) is 4.48. The van der Waals surface area contributed by atoms with Gasteiger partial charge in [0.1, 0.15) is 16.8 Å². The zero-order valence-corrected chi connectivity index (χ0v) is 15.0. The third-order valence-corrected chi connectivity index (χ3v) is 3.67. The van der Waals surface area contributed by atoms with Crippen molar-refractivity contribution < 1.29 is 4.74 Å². The first-order valence-electron chi connectivity index (χ1n) is 6.78. The molecule has 1 heterocycles. The molecule has 0 aliphatic carbocycles. The minimum atomic E-state index is -0.184. The molecule has 1 unspecified atom stereocenters. The summed E-state index contributed by atoms with van der Waals surface area (Å²) in [5.74, 6) is 0.785. The highest BCUT2D eigenvalue weighted by Gasteiger charge is 2.17. The van der Waals surface area contributed by atoms with E-state index in [1.807, 2.05) is 31.2 Å². The van der Waals surface area contributed by atoms with Crippen molar-refractivity contribution in [1.29, 1.82) is 0 Å². The molecule has 0 aliphatic heterocycles. The molecule has 0 aliphatic rings. The molecule has 0 saturated carbocycles. The molecule has 21 heavy (non-hydrogen) atoms. The van der Waals surface area contributed by atoms with Crippen LogP contribution in [0.5, 0.6) is 5.75 Å². The number of hydrogen-bond donors (Lipinski definition) is 1. The third kappa shape index (κ3) is 4.64. The molecule has 0 saturated heterocycles. The molecule has 0 bridgehead atoms. The Bertz CT molecular complexity index is 667. The largest absolute Gasteiger partial charge is 0.484 e. The summed E-state index contributed by atoms with van der Waals surface area (Å²) in [4.78, 5) is 5.05. The number of pyridine rings is 1. The molecule has 2 rings (SSSR count). The van der Waals surface area contributed by atoms with Crippen molar-refractivity contribution in [2.45, 2.75) is 39.3 Å². The molecule has 0 radical (unpaired) electrons. The molecule has 1 N–H and O–H groups in total. The van der Waals surface area contributed by atoms with Crippen LogP contribution in [-0.2, 0) is 0 Å². The Hall–Kier alpha value is -1.20. The highest BCUT2D eigenvalue weighted by atomic mass is 79.9. The van der Waals surface area contributed by atoms with Gasteiger partial charge in [0.2, 0.25) is 0 Å². The van der Waals surface area contributed by atoms with Crippen LogP contribution in [0.4, 0.5) is 0 Å². The number of hydrogen-bond acceptors (Lipinski definition) is 3. The van der Waals surface area contributed by atoms with Crippen LogP contribution in [0.3, 0.4) is 0 Å². The summed E-state index contributed by atoms with van der Waals surface area (Å²) < 4.78 is 6.87. The summed E-state index contributed by atoms with van der Waals surface area (Å²) >= 11 is 8.81. The van der Waals surface area contributed by atoms with E-state index < -0.39 is 0 Å². The number of benzene rings is 1. The number of rotatable bonds is 3. The first-order chi connectivity index (χ1) is 9.74. The quantitative estimate of drug-likeness (QED) is 0.812. The minimum Gasteiger partial charge on any atom is -0.484 e. The summed E-state index contributed by atoms with van der Waals surface area (Å²) in [6.07, 6.45) is 1.60. The number of thiocarbonyl (C=S) groups is 1. The summed E-state index contributed by atoms with van der Waals surface area (Å²) in [5, 5.41) is 4.30. The van der Waals surface area contributed by atoms with Crippen LogP contribution in [0.2, 0.25) is 0 Å². The second-order valence-corrected chi connectivity index (χ2v) is 7.36. The minimum absolute atomic E-state index is 0.0626. The molecular formula is C16H19BrN2OS. The zero-order chi connectivity index (χ0) is 15.6. The Morgan fingerprint density at radius 3 is 2.71 bits per heavy atom. The Morgan fingerprint density at radius 1 is 1.33 bits per heavy atom. The van der Waals surface area contributed by atoms with Crippen LogP contribution in [0.15, 0.2) is 34.9 Å². The lowest BCUT2D eigenvalue weighted by Crippen LogP contribution is -2.45. The van der Waals surface area contributed by atoms with E-state index >= 15 is 0 Å². The normalized spacial score (nSPS) is 13.0. The van der Waals surface area contributed by atoms with Crippen LogP contribution < -0.4 is 10.1 Å². The van der Waals surface area contributed by atoms with E-state index in [1.54, 1.807) is 6.20 Å². The Labute approximate surface area is 139 Å². The van der Waals surface area contributed by atoms with Gasteiger partial charge < -0.3 is 10.1 Å². The number of ether oxygens (including phenoxy) is 1. The number of halogens is 1. The lowest BCUT2D eigenvalue weighted by molar-refractivity contribution is 0.281. The Balaban J connectivity index is 2.14. The Morgan fingerprint density at radius 2 is 2.05 bits per heavy atom. The van der Waals surface area contributed by atoms with Crippen molar-refractivity contribution in [1.82, 2.24) is 10.3 Å². The molecule has 0 fully saturated rings. The van der Waals surface area contributed by atoms with E-state index in [4.69, 9.17) is 17.0 Å². The summed E-state index contributed by atoms with van der Waals surface area (Å²) in [6, 6.07) is 7.86. The predicted molar refractivity (Wildman–Crippen MR) is 95.0 cm³/mol. The zero-order valence-electron chi connectivity index (χ0n) is 12.6. The van der Waals surface area contributed by atoms with Crippen molar-refractivity contribution in [3.8, 4) is 5.75 Å². The topological polar surface area (TPSA) is 34.1 Å². The highest BCUT2D eigenvalue weighted by molar-refractivity contribution is 9.10. The van der Waals surface area contributed by atoms with E-state index in [-0.39, 0.29) is 11.6 Å². The molecule has 0 spiro atoms. The molecule has 1 aromatic heterocycles. The van der Waals surface area contributed by atoms with E-state index in [1.165, 1.54) is 0 Å². The Kier molecular flexibility index (Phi) is 4.84. The second kappa shape index (κ2) is 6.28. The lowest BCUT2D eigenvalue weighted by Gasteiger charge is -2.26.